The summed E-state index contributed by atoms with van der Waals surface area (Å²) in [6, 6.07) is 9.99. The Morgan fingerprint density at radius 3 is 2.71 bits per heavy atom. The summed E-state index contributed by atoms with van der Waals surface area (Å²) in [5, 5.41) is 2.58. The van der Waals surface area contributed by atoms with Crippen molar-refractivity contribution in [1.29, 1.82) is 0 Å². The van der Waals surface area contributed by atoms with Crippen molar-refractivity contribution in [3.63, 3.8) is 0 Å². The highest BCUT2D eigenvalue weighted by atomic mass is 35.5. The number of carbonyl (C=O) groups excluding carboxylic acids is 2. The fraction of sp³-hybridized carbons (Fsp3) is 0.0667. The smallest absolute Gasteiger partial charge is 0.265 e. The van der Waals surface area contributed by atoms with E-state index in [0.717, 1.165) is 0 Å². The van der Waals surface area contributed by atoms with Gasteiger partial charge in [-0.25, -0.2) is 13.1 Å². The van der Waals surface area contributed by atoms with Crippen LogP contribution in [0.4, 0.5) is 5.69 Å². The Hall–Kier alpha value is -2.58. The first kappa shape index (κ1) is 16.3. The molecule has 124 valence electrons. The lowest BCUT2D eigenvalue weighted by molar-refractivity contribution is -0.118. The van der Waals surface area contributed by atoms with Crippen molar-refractivity contribution in [1.82, 2.24) is 4.72 Å². The summed E-state index contributed by atoms with van der Waals surface area (Å²) in [6.07, 6.45) is 0. The van der Waals surface area contributed by atoms with E-state index in [0.29, 0.717) is 5.69 Å². The van der Waals surface area contributed by atoms with Crippen molar-refractivity contribution in [3.8, 4) is 5.75 Å². The summed E-state index contributed by atoms with van der Waals surface area (Å²) in [6.45, 7) is -0.171. The van der Waals surface area contributed by atoms with E-state index in [1.54, 1.807) is 6.07 Å². The molecule has 2 amide bonds. The molecule has 9 heteroatoms. The Morgan fingerprint density at radius 1 is 1.21 bits per heavy atom. The molecule has 0 bridgehead atoms. The van der Waals surface area contributed by atoms with Crippen molar-refractivity contribution in [3.05, 3.63) is 53.1 Å². The lowest BCUT2D eigenvalue weighted by Gasteiger charge is -2.18. The minimum atomic E-state index is -4.11. The summed E-state index contributed by atoms with van der Waals surface area (Å²) in [5.74, 6) is -0.850. The van der Waals surface area contributed by atoms with Gasteiger partial charge in [0.05, 0.1) is 10.7 Å². The van der Waals surface area contributed by atoms with Crippen LogP contribution in [0.25, 0.3) is 0 Å². The topological polar surface area (TPSA) is 102 Å². The number of halogens is 1. The molecular weight excluding hydrogens is 356 g/mol. The Labute approximate surface area is 142 Å². The van der Waals surface area contributed by atoms with E-state index in [4.69, 9.17) is 16.3 Å². The number of rotatable bonds is 3. The van der Waals surface area contributed by atoms with Crippen LogP contribution in [-0.4, -0.2) is 26.8 Å². The molecule has 0 radical (unpaired) electrons. The predicted molar refractivity (Wildman–Crippen MR) is 86.7 cm³/mol. The second-order valence-electron chi connectivity index (χ2n) is 4.91. The summed E-state index contributed by atoms with van der Waals surface area (Å²) in [5.41, 5.74) is 0.484. The molecule has 0 aliphatic carbocycles. The molecule has 1 aliphatic heterocycles. The van der Waals surface area contributed by atoms with Gasteiger partial charge in [0, 0.05) is 5.56 Å². The molecule has 2 N–H and O–H groups in total. The van der Waals surface area contributed by atoms with Gasteiger partial charge >= 0.3 is 0 Å². The Balaban J connectivity index is 1.85. The van der Waals surface area contributed by atoms with Crippen molar-refractivity contribution in [2.45, 2.75) is 4.90 Å². The van der Waals surface area contributed by atoms with Crippen LogP contribution in [-0.2, 0) is 14.8 Å². The quantitative estimate of drug-likeness (QED) is 0.862. The van der Waals surface area contributed by atoms with Crippen LogP contribution in [0.5, 0.6) is 5.75 Å². The third kappa shape index (κ3) is 3.19. The zero-order chi connectivity index (χ0) is 17.3. The highest BCUT2D eigenvalue weighted by Gasteiger charge is 2.23. The van der Waals surface area contributed by atoms with E-state index in [9.17, 15) is 18.0 Å². The molecule has 0 aromatic heterocycles. The number of hydrogen-bond donors (Lipinski definition) is 2. The van der Waals surface area contributed by atoms with Crippen molar-refractivity contribution >= 4 is 39.1 Å². The second kappa shape index (κ2) is 6.14. The highest BCUT2D eigenvalue weighted by molar-refractivity contribution is 7.90. The van der Waals surface area contributed by atoms with Gasteiger partial charge in [-0.2, -0.15) is 0 Å². The second-order valence-corrected chi connectivity index (χ2v) is 6.97. The minimum Gasteiger partial charge on any atom is -0.482 e. The van der Waals surface area contributed by atoms with Gasteiger partial charge < -0.3 is 10.1 Å². The van der Waals surface area contributed by atoms with Crippen LogP contribution in [0.2, 0.25) is 5.02 Å². The maximum Gasteiger partial charge on any atom is 0.265 e. The predicted octanol–water partition coefficient (Wildman–Crippen LogP) is 1.79. The largest absolute Gasteiger partial charge is 0.482 e. The molecule has 0 fully saturated rings. The number of amides is 2. The van der Waals surface area contributed by atoms with Crippen molar-refractivity contribution < 1.29 is 22.7 Å². The van der Waals surface area contributed by atoms with Gasteiger partial charge in [0.25, 0.3) is 21.8 Å². The Bertz CT molecular complexity index is 943. The first-order valence-corrected chi connectivity index (χ1v) is 8.61. The van der Waals surface area contributed by atoms with Crippen molar-refractivity contribution in [2.75, 3.05) is 11.9 Å². The maximum absolute atomic E-state index is 12.3. The van der Waals surface area contributed by atoms with Crippen LogP contribution in [0, 0.1) is 0 Å². The van der Waals surface area contributed by atoms with Gasteiger partial charge in [0.1, 0.15) is 10.6 Å². The number of nitrogens with one attached hydrogen (secondary N) is 2. The molecule has 0 atom stereocenters. The molecule has 24 heavy (non-hydrogen) atoms. The minimum absolute atomic E-state index is 0.00860. The van der Waals surface area contributed by atoms with Crippen LogP contribution in [0.15, 0.2) is 47.4 Å². The molecule has 0 saturated carbocycles. The van der Waals surface area contributed by atoms with Gasteiger partial charge in [0.2, 0.25) is 0 Å². The molecule has 3 rings (SSSR count). The summed E-state index contributed by atoms with van der Waals surface area (Å²) in [7, 11) is -4.11. The van der Waals surface area contributed by atoms with E-state index in [-0.39, 0.29) is 33.7 Å². The van der Waals surface area contributed by atoms with Crippen LogP contribution in [0.1, 0.15) is 10.4 Å². The first-order chi connectivity index (χ1) is 11.4. The number of anilines is 1. The lowest BCUT2D eigenvalue weighted by atomic mass is 10.1. The normalized spacial score (nSPS) is 13.5. The van der Waals surface area contributed by atoms with Gasteiger partial charge in [0.15, 0.2) is 6.61 Å². The van der Waals surface area contributed by atoms with Gasteiger partial charge in [-0.05, 0) is 30.3 Å². The van der Waals surface area contributed by atoms with Crippen LogP contribution in [0.3, 0.4) is 0 Å². The van der Waals surface area contributed by atoms with E-state index in [2.05, 4.69) is 5.32 Å². The molecular formula is C15H11ClN2O5S. The van der Waals surface area contributed by atoms with Gasteiger partial charge in [-0.1, -0.05) is 23.7 Å². The molecule has 0 saturated heterocycles. The third-order valence-corrected chi connectivity index (χ3v) is 5.06. The van der Waals surface area contributed by atoms with E-state index in [1.807, 2.05) is 4.72 Å². The highest BCUT2D eigenvalue weighted by Crippen LogP contribution is 2.28. The summed E-state index contributed by atoms with van der Waals surface area (Å²) in [4.78, 5) is 23.2. The zero-order valence-corrected chi connectivity index (χ0v) is 13.6. The average Bonchev–Trinajstić information content (AvgIpc) is 2.54. The Kier molecular flexibility index (Phi) is 4.16. The molecule has 1 heterocycles. The molecule has 7 nitrogen and oxygen atoms in total. The van der Waals surface area contributed by atoms with E-state index in [1.165, 1.54) is 36.4 Å². The monoisotopic (exact) mass is 366 g/mol. The summed E-state index contributed by atoms with van der Waals surface area (Å²) >= 11 is 5.86. The molecule has 1 aliphatic rings. The third-order valence-electron chi connectivity index (χ3n) is 3.23. The number of carbonyl (C=O) groups is 2. The van der Waals surface area contributed by atoms with Gasteiger partial charge in [-0.15, -0.1) is 0 Å². The number of fused-ring (bicyclic) bond motifs is 1. The van der Waals surface area contributed by atoms with Gasteiger partial charge in [-0.3, -0.25) is 9.59 Å². The fourth-order valence-corrected chi connectivity index (χ4v) is 3.61. The SMILES string of the molecule is O=C1COc2cc(C(=O)NS(=O)(=O)c3ccccc3Cl)ccc2N1. The number of benzene rings is 2. The zero-order valence-electron chi connectivity index (χ0n) is 12.1. The lowest BCUT2D eigenvalue weighted by Crippen LogP contribution is -2.31. The van der Waals surface area contributed by atoms with E-state index < -0.39 is 15.9 Å². The Morgan fingerprint density at radius 2 is 1.96 bits per heavy atom. The first-order valence-electron chi connectivity index (χ1n) is 6.75. The van der Waals surface area contributed by atoms with Crippen LogP contribution < -0.4 is 14.8 Å². The fourth-order valence-electron chi connectivity index (χ4n) is 2.11. The molecule has 2 aromatic rings. The number of hydrogen-bond acceptors (Lipinski definition) is 5. The summed E-state index contributed by atoms with van der Waals surface area (Å²) < 4.78 is 31.7. The van der Waals surface area contributed by atoms with E-state index >= 15 is 0 Å². The average molecular weight is 367 g/mol. The molecule has 2 aromatic carbocycles. The standard InChI is InChI=1S/C15H11ClN2O5S/c16-10-3-1-2-4-13(10)24(21,22)18-15(20)9-5-6-11-12(7-9)23-8-14(19)17-11/h1-7H,8H2,(H,17,19)(H,18,20). The molecule has 0 unspecified atom stereocenters. The van der Waals surface area contributed by atoms with Crippen molar-refractivity contribution in [2.24, 2.45) is 0 Å². The number of ether oxygens (including phenoxy) is 1. The number of sulfonamides is 1. The maximum atomic E-state index is 12.3. The molecule has 0 spiro atoms. The van der Waals surface area contributed by atoms with Crippen LogP contribution >= 0.6 is 11.6 Å².